The van der Waals surface area contributed by atoms with Gasteiger partial charge in [0.1, 0.15) is 5.82 Å². The van der Waals surface area contributed by atoms with Crippen LogP contribution in [0.25, 0.3) is 10.9 Å². The van der Waals surface area contributed by atoms with Gasteiger partial charge in [-0.3, -0.25) is 0 Å². The van der Waals surface area contributed by atoms with Crippen molar-refractivity contribution in [2.45, 2.75) is 6.92 Å². The van der Waals surface area contributed by atoms with Crippen LogP contribution in [-0.2, 0) is 0 Å². The Morgan fingerprint density at radius 2 is 1.67 bits per heavy atom. The maximum atomic E-state index is 5.82. The fourth-order valence-electron chi connectivity index (χ4n) is 1.91. The van der Waals surface area contributed by atoms with Gasteiger partial charge in [-0.15, -0.1) is 0 Å². The minimum absolute atomic E-state index is 0.497. The zero-order chi connectivity index (χ0) is 13.3. The molecule has 96 valence electrons. The lowest BCUT2D eigenvalue weighted by atomic mass is 10.1. The smallest absolute Gasteiger partial charge is 0.204 e. The molecule has 0 atom stereocenters. The maximum absolute atomic E-state index is 5.82. The molecule has 2 N–H and O–H groups in total. The highest BCUT2D eigenvalue weighted by Gasteiger charge is 2.17. The Hall–Kier alpha value is -2.17. The Morgan fingerprint density at radius 1 is 1.00 bits per heavy atom. The van der Waals surface area contributed by atoms with Gasteiger partial charge in [0, 0.05) is 11.5 Å². The Balaban J connectivity index is 2.87. The molecule has 0 saturated heterocycles. The van der Waals surface area contributed by atoms with Crippen molar-refractivity contribution in [1.29, 1.82) is 0 Å². The van der Waals surface area contributed by atoms with Crippen molar-refractivity contribution >= 4 is 16.7 Å². The number of methoxy groups -OCH3 is 3. The highest BCUT2D eigenvalue weighted by Crippen LogP contribution is 2.43. The number of nitrogens with two attached hydrogens (primary N) is 1. The number of benzene rings is 1. The number of hydrogen-bond donors (Lipinski definition) is 1. The van der Waals surface area contributed by atoms with Gasteiger partial charge < -0.3 is 19.9 Å². The predicted octanol–water partition coefficient (Wildman–Crippen LogP) is 2.15. The van der Waals surface area contributed by atoms with Crippen molar-refractivity contribution in [3.8, 4) is 17.2 Å². The molecular formula is C13H16N2O3. The summed E-state index contributed by atoms with van der Waals surface area (Å²) in [5, 5.41) is 0.849. The van der Waals surface area contributed by atoms with Crippen LogP contribution in [0.4, 0.5) is 5.82 Å². The minimum atomic E-state index is 0.497. The van der Waals surface area contributed by atoms with Gasteiger partial charge in [0.05, 0.1) is 26.8 Å². The molecule has 1 aromatic carbocycles. The molecule has 0 spiro atoms. The summed E-state index contributed by atoms with van der Waals surface area (Å²) in [7, 11) is 4.73. The molecule has 0 saturated carbocycles. The van der Waals surface area contributed by atoms with Crippen molar-refractivity contribution < 1.29 is 14.2 Å². The number of fused-ring (bicyclic) bond motifs is 1. The first-order valence-corrected chi connectivity index (χ1v) is 5.48. The van der Waals surface area contributed by atoms with Crippen LogP contribution in [0.15, 0.2) is 12.1 Å². The second kappa shape index (κ2) is 4.60. The Bertz CT molecular complexity index is 597. The van der Waals surface area contributed by atoms with Crippen LogP contribution in [0, 0.1) is 6.92 Å². The largest absolute Gasteiger partial charge is 0.493 e. The molecule has 0 aliphatic rings. The van der Waals surface area contributed by atoms with Crippen molar-refractivity contribution in [2.24, 2.45) is 0 Å². The molecule has 18 heavy (non-hydrogen) atoms. The van der Waals surface area contributed by atoms with E-state index in [9.17, 15) is 0 Å². The number of nitrogen functional groups attached to an aromatic ring is 1. The lowest BCUT2D eigenvalue weighted by molar-refractivity contribution is 0.327. The summed E-state index contributed by atoms with van der Waals surface area (Å²) in [5.41, 5.74) is 7.43. The molecular weight excluding hydrogens is 232 g/mol. The number of anilines is 1. The van der Waals surface area contributed by atoms with E-state index < -0.39 is 0 Å². The monoisotopic (exact) mass is 248 g/mol. The Morgan fingerprint density at radius 3 is 2.22 bits per heavy atom. The van der Waals surface area contributed by atoms with Crippen LogP contribution in [-0.4, -0.2) is 26.3 Å². The quantitative estimate of drug-likeness (QED) is 0.901. The second-order valence-electron chi connectivity index (χ2n) is 3.90. The standard InChI is InChI=1S/C13H16N2O3/c1-7-5-8-9(15-13(7)14)6-10(16-2)12(18-4)11(8)17-3/h5-6H,1-4H3,(H2,14,15). The van der Waals surface area contributed by atoms with Crippen LogP contribution >= 0.6 is 0 Å². The molecule has 2 rings (SSSR count). The fraction of sp³-hybridized carbons (Fsp3) is 0.308. The van der Waals surface area contributed by atoms with Gasteiger partial charge in [0.2, 0.25) is 5.75 Å². The van der Waals surface area contributed by atoms with E-state index in [-0.39, 0.29) is 0 Å². The molecule has 1 heterocycles. The van der Waals surface area contributed by atoms with Crippen molar-refractivity contribution in [3.05, 3.63) is 17.7 Å². The van der Waals surface area contributed by atoms with Gasteiger partial charge >= 0.3 is 0 Å². The summed E-state index contributed by atoms with van der Waals surface area (Å²) < 4.78 is 16.0. The minimum Gasteiger partial charge on any atom is -0.493 e. The lowest BCUT2D eigenvalue weighted by Crippen LogP contribution is -1.99. The topological polar surface area (TPSA) is 66.6 Å². The predicted molar refractivity (Wildman–Crippen MR) is 70.5 cm³/mol. The SMILES string of the molecule is COc1cc2nc(N)c(C)cc2c(OC)c1OC. The number of rotatable bonds is 3. The van der Waals surface area contributed by atoms with Gasteiger partial charge in [0.25, 0.3) is 0 Å². The lowest BCUT2D eigenvalue weighted by Gasteiger charge is -2.15. The molecule has 0 unspecified atom stereocenters. The number of aryl methyl sites for hydroxylation is 1. The van der Waals surface area contributed by atoms with Gasteiger partial charge in [-0.1, -0.05) is 0 Å². The second-order valence-corrected chi connectivity index (χ2v) is 3.90. The van der Waals surface area contributed by atoms with E-state index >= 15 is 0 Å². The number of ether oxygens (including phenoxy) is 3. The van der Waals surface area contributed by atoms with E-state index in [1.807, 2.05) is 13.0 Å². The molecule has 1 aromatic heterocycles. The van der Waals surface area contributed by atoms with Crippen LogP contribution < -0.4 is 19.9 Å². The van der Waals surface area contributed by atoms with E-state index in [0.717, 1.165) is 10.9 Å². The first-order chi connectivity index (χ1) is 8.62. The van der Waals surface area contributed by atoms with Gasteiger partial charge in [-0.25, -0.2) is 4.98 Å². The molecule has 5 nitrogen and oxygen atoms in total. The van der Waals surface area contributed by atoms with Crippen LogP contribution in [0.1, 0.15) is 5.56 Å². The summed E-state index contributed by atoms with van der Waals surface area (Å²) in [5.74, 6) is 2.22. The van der Waals surface area contributed by atoms with E-state index in [1.165, 1.54) is 0 Å². The molecule has 0 aliphatic carbocycles. The number of pyridine rings is 1. The first-order valence-electron chi connectivity index (χ1n) is 5.48. The van der Waals surface area contributed by atoms with E-state index in [1.54, 1.807) is 27.4 Å². The highest BCUT2D eigenvalue weighted by atomic mass is 16.5. The van der Waals surface area contributed by atoms with Crippen molar-refractivity contribution in [3.63, 3.8) is 0 Å². The zero-order valence-electron chi connectivity index (χ0n) is 10.9. The van der Waals surface area contributed by atoms with Crippen molar-refractivity contribution in [2.75, 3.05) is 27.1 Å². The number of hydrogen-bond acceptors (Lipinski definition) is 5. The summed E-state index contributed by atoms with van der Waals surface area (Å²) >= 11 is 0. The molecule has 0 aliphatic heterocycles. The Labute approximate surface area is 105 Å². The fourth-order valence-corrected chi connectivity index (χ4v) is 1.91. The summed E-state index contributed by atoms with van der Waals surface area (Å²) in [4.78, 5) is 4.33. The van der Waals surface area contributed by atoms with E-state index in [0.29, 0.717) is 28.6 Å². The van der Waals surface area contributed by atoms with Crippen LogP contribution in [0.2, 0.25) is 0 Å². The zero-order valence-corrected chi connectivity index (χ0v) is 10.9. The number of nitrogens with zero attached hydrogens (tertiary/aromatic N) is 1. The molecule has 0 radical (unpaired) electrons. The molecule has 0 fully saturated rings. The summed E-state index contributed by atoms with van der Waals surface area (Å²) in [6.07, 6.45) is 0. The highest BCUT2D eigenvalue weighted by molar-refractivity contribution is 5.92. The maximum Gasteiger partial charge on any atom is 0.204 e. The summed E-state index contributed by atoms with van der Waals surface area (Å²) in [6, 6.07) is 3.71. The third-order valence-electron chi connectivity index (χ3n) is 2.85. The van der Waals surface area contributed by atoms with E-state index in [4.69, 9.17) is 19.9 Å². The van der Waals surface area contributed by atoms with Gasteiger partial charge in [0.15, 0.2) is 11.5 Å². The Kier molecular flexibility index (Phi) is 3.14. The first kappa shape index (κ1) is 12.3. The average Bonchev–Trinajstić information content (AvgIpc) is 2.38. The molecule has 5 heteroatoms. The third-order valence-corrected chi connectivity index (χ3v) is 2.85. The van der Waals surface area contributed by atoms with Crippen LogP contribution in [0.5, 0.6) is 17.2 Å². The van der Waals surface area contributed by atoms with E-state index in [2.05, 4.69) is 4.98 Å². The van der Waals surface area contributed by atoms with Crippen molar-refractivity contribution in [1.82, 2.24) is 4.98 Å². The van der Waals surface area contributed by atoms with Gasteiger partial charge in [-0.05, 0) is 18.6 Å². The summed E-state index contributed by atoms with van der Waals surface area (Å²) in [6.45, 7) is 1.90. The van der Waals surface area contributed by atoms with Crippen LogP contribution in [0.3, 0.4) is 0 Å². The van der Waals surface area contributed by atoms with Gasteiger partial charge in [-0.2, -0.15) is 0 Å². The third kappa shape index (κ3) is 1.77. The molecule has 0 bridgehead atoms. The average molecular weight is 248 g/mol. The molecule has 0 amide bonds. The molecule has 2 aromatic rings. The number of aromatic nitrogens is 1. The normalized spacial score (nSPS) is 10.4.